The quantitative estimate of drug-likeness (QED) is 0.211. The van der Waals surface area contributed by atoms with E-state index in [4.69, 9.17) is 9.47 Å². The summed E-state index contributed by atoms with van der Waals surface area (Å²) < 4.78 is 12.2. The number of rotatable bonds is 14. The molecule has 0 unspecified atom stereocenters. The van der Waals surface area contributed by atoms with Gasteiger partial charge in [-0.1, -0.05) is 79.9 Å². The second-order valence-corrected chi connectivity index (χ2v) is 7.83. The number of benzene rings is 3. The number of hydrogen-bond donors (Lipinski definition) is 0. The fourth-order valence-electron chi connectivity index (χ4n) is 3.51. The normalized spacial score (nSPS) is 10.6. The molecule has 3 aromatic rings. The Balaban J connectivity index is 1.59. The van der Waals surface area contributed by atoms with Crippen LogP contribution in [0.25, 0.3) is 0 Å². The molecule has 0 bridgehead atoms. The van der Waals surface area contributed by atoms with Crippen LogP contribution in [0.15, 0.2) is 78.9 Å². The van der Waals surface area contributed by atoms with Gasteiger partial charge in [0.25, 0.3) is 0 Å². The highest BCUT2D eigenvalue weighted by atomic mass is 16.5. The summed E-state index contributed by atoms with van der Waals surface area (Å²) in [7, 11) is 0. The molecule has 0 aliphatic heterocycles. The lowest BCUT2D eigenvalue weighted by Crippen LogP contribution is -1.99. The Kier molecular flexibility index (Phi) is 9.68. The summed E-state index contributed by atoms with van der Waals surface area (Å²) in [6.07, 6.45) is 8.30. The minimum absolute atomic E-state index is 0.541. The Morgan fingerprint density at radius 3 is 1.65 bits per heavy atom. The predicted octanol–water partition coefficient (Wildman–Crippen LogP) is 6.93. The van der Waals surface area contributed by atoms with E-state index in [1.165, 1.54) is 18.4 Å². The number of aryl methyl sites for hydroxylation is 1. The van der Waals surface area contributed by atoms with Crippen LogP contribution in [0.4, 0.5) is 0 Å². The Bertz CT molecular complexity index is 829. The van der Waals surface area contributed by atoms with Crippen molar-refractivity contribution >= 4 is 6.29 Å². The van der Waals surface area contributed by atoms with Crippen LogP contribution in [-0.2, 0) is 24.4 Å². The van der Waals surface area contributed by atoms with Crippen LogP contribution in [0.1, 0.15) is 55.2 Å². The Morgan fingerprint density at radius 1 is 0.581 bits per heavy atom. The summed E-state index contributed by atoms with van der Waals surface area (Å²) in [6.45, 7) is 1.08. The number of carbonyl (C=O) groups excluding carboxylic acids is 1. The van der Waals surface area contributed by atoms with Crippen LogP contribution in [0.3, 0.4) is 0 Å². The Hall–Kier alpha value is -3.07. The first-order chi connectivity index (χ1) is 15.3. The van der Waals surface area contributed by atoms with E-state index in [0.717, 1.165) is 54.6 Å². The van der Waals surface area contributed by atoms with Gasteiger partial charge in [-0.05, 0) is 48.1 Å². The van der Waals surface area contributed by atoms with Gasteiger partial charge >= 0.3 is 0 Å². The van der Waals surface area contributed by atoms with E-state index in [1.54, 1.807) is 0 Å². The second kappa shape index (κ2) is 13.3. The highest BCUT2D eigenvalue weighted by Crippen LogP contribution is 2.26. The van der Waals surface area contributed by atoms with E-state index in [-0.39, 0.29) is 0 Å². The van der Waals surface area contributed by atoms with Gasteiger partial charge in [-0.25, -0.2) is 0 Å². The Labute approximate surface area is 186 Å². The van der Waals surface area contributed by atoms with Crippen LogP contribution >= 0.6 is 0 Å². The van der Waals surface area contributed by atoms with Crippen LogP contribution in [0.2, 0.25) is 0 Å². The SMILES string of the molecule is O=CCCCCCCCc1cc(OCc2ccccc2)cc(OCc2ccccc2)c1. The molecular weight excluding hydrogens is 384 g/mol. The first-order valence-corrected chi connectivity index (χ1v) is 11.2. The molecule has 31 heavy (non-hydrogen) atoms. The summed E-state index contributed by atoms with van der Waals surface area (Å²) in [5.41, 5.74) is 3.53. The van der Waals surface area contributed by atoms with Gasteiger partial charge in [0.2, 0.25) is 0 Å². The average Bonchev–Trinajstić information content (AvgIpc) is 2.82. The van der Waals surface area contributed by atoms with Gasteiger partial charge < -0.3 is 14.3 Å². The molecule has 0 aliphatic rings. The smallest absolute Gasteiger partial charge is 0.123 e. The maximum Gasteiger partial charge on any atom is 0.123 e. The van der Waals surface area contributed by atoms with Crippen molar-refractivity contribution in [1.29, 1.82) is 0 Å². The largest absolute Gasteiger partial charge is 0.489 e. The maximum atomic E-state index is 10.4. The van der Waals surface area contributed by atoms with Gasteiger partial charge in [0.05, 0.1) is 0 Å². The van der Waals surface area contributed by atoms with Crippen LogP contribution in [0.5, 0.6) is 11.5 Å². The van der Waals surface area contributed by atoms with Crippen molar-refractivity contribution in [2.45, 2.75) is 58.2 Å². The molecule has 0 atom stereocenters. The summed E-state index contributed by atoms with van der Waals surface area (Å²) in [4.78, 5) is 10.4. The number of unbranched alkanes of at least 4 members (excludes halogenated alkanes) is 5. The third kappa shape index (κ3) is 8.67. The number of carbonyl (C=O) groups is 1. The fraction of sp³-hybridized carbons (Fsp3) is 0.321. The third-order valence-corrected chi connectivity index (χ3v) is 5.22. The van der Waals surface area contributed by atoms with E-state index in [2.05, 4.69) is 36.4 Å². The predicted molar refractivity (Wildman–Crippen MR) is 125 cm³/mol. The number of ether oxygens (including phenoxy) is 2. The van der Waals surface area contributed by atoms with Gasteiger partial charge in [0.1, 0.15) is 31.0 Å². The average molecular weight is 417 g/mol. The van der Waals surface area contributed by atoms with Crippen molar-refractivity contribution in [3.63, 3.8) is 0 Å². The molecule has 0 heterocycles. The number of hydrogen-bond acceptors (Lipinski definition) is 3. The van der Waals surface area contributed by atoms with Crippen LogP contribution < -0.4 is 9.47 Å². The highest BCUT2D eigenvalue weighted by molar-refractivity contribution is 5.48. The van der Waals surface area contributed by atoms with Crippen molar-refractivity contribution < 1.29 is 14.3 Å². The van der Waals surface area contributed by atoms with Gasteiger partial charge in [0.15, 0.2) is 0 Å². The minimum Gasteiger partial charge on any atom is -0.489 e. The van der Waals surface area contributed by atoms with E-state index >= 15 is 0 Å². The summed E-state index contributed by atoms with van der Waals surface area (Å²) in [6, 6.07) is 26.7. The van der Waals surface area contributed by atoms with Gasteiger partial charge in [-0.2, -0.15) is 0 Å². The zero-order valence-electron chi connectivity index (χ0n) is 18.2. The lowest BCUT2D eigenvalue weighted by molar-refractivity contribution is -0.107. The standard InChI is InChI=1S/C28H32O3/c29-18-12-4-2-1-3-7-17-26-19-27(30-22-24-13-8-5-9-14-24)21-28(20-26)31-23-25-15-10-6-11-16-25/h5-6,8-11,13-16,18-21H,1-4,7,12,17,22-23H2. The second-order valence-electron chi connectivity index (χ2n) is 7.83. The molecule has 0 saturated carbocycles. The summed E-state index contributed by atoms with van der Waals surface area (Å²) in [5.74, 6) is 1.69. The molecule has 3 aromatic carbocycles. The molecule has 0 radical (unpaired) electrons. The zero-order chi connectivity index (χ0) is 21.6. The maximum absolute atomic E-state index is 10.4. The number of aldehydes is 1. The molecular formula is C28H32O3. The summed E-state index contributed by atoms with van der Waals surface area (Å²) >= 11 is 0. The van der Waals surface area contributed by atoms with E-state index in [1.807, 2.05) is 42.5 Å². The Morgan fingerprint density at radius 2 is 1.10 bits per heavy atom. The molecule has 3 heteroatoms. The molecule has 0 fully saturated rings. The lowest BCUT2D eigenvalue weighted by atomic mass is 10.0. The zero-order valence-corrected chi connectivity index (χ0v) is 18.2. The fourth-order valence-corrected chi connectivity index (χ4v) is 3.51. The van der Waals surface area contributed by atoms with Gasteiger partial charge in [-0.15, -0.1) is 0 Å². The molecule has 3 rings (SSSR count). The van der Waals surface area contributed by atoms with Crippen LogP contribution in [-0.4, -0.2) is 6.29 Å². The molecule has 3 nitrogen and oxygen atoms in total. The molecule has 0 spiro atoms. The van der Waals surface area contributed by atoms with Crippen LogP contribution in [0, 0.1) is 0 Å². The summed E-state index contributed by atoms with van der Waals surface area (Å²) in [5, 5.41) is 0. The molecule has 0 saturated heterocycles. The molecule has 0 N–H and O–H groups in total. The van der Waals surface area contributed by atoms with Crippen molar-refractivity contribution in [1.82, 2.24) is 0 Å². The first-order valence-electron chi connectivity index (χ1n) is 11.2. The highest BCUT2D eigenvalue weighted by Gasteiger charge is 2.05. The monoisotopic (exact) mass is 416 g/mol. The molecule has 0 amide bonds. The van der Waals surface area contributed by atoms with Gasteiger partial charge in [0, 0.05) is 12.5 Å². The van der Waals surface area contributed by atoms with Crippen molar-refractivity contribution in [2.24, 2.45) is 0 Å². The van der Waals surface area contributed by atoms with Crippen molar-refractivity contribution in [3.05, 3.63) is 95.6 Å². The lowest BCUT2D eigenvalue weighted by Gasteiger charge is -2.13. The first kappa shape index (κ1) is 22.6. The minimum atomic E-state index is 0.541. The third-order valence-electron chi connectivity index (χ3n) is 5.22. The van der Waals surface area contributed by atoms with Gasteiger partial charge in [-0.3, -0.25) is 0 Å². The van der Waals surface area contributed by atoms with Crippen molar-refractivity contribution in [2.75, 3.05) is 0 Å². The molecule has 0 aromatic heterocycles. The van der Waals surface area contributed by atoms with E-state index < -0.39 is 0 Å². The molecule has 0 aliphatic carbocycles. The van der Waals surface area contributed by atoms with E-state index in [0.29, 0.717) is 19.6 Å². The topological polar surface area (TPSA) is 35.5 Å². The van der Waals surface area contributed by atoms with Crippen molar-refractivity contribution in [3.8, 4) is 11.5 Å². The molecule has 162 valence electrons. The van der Waals surface area contributed by atoms with E-state index in [9.17, 15) is 4.79 Å².